The summed E-state index contributed by atoms with van der Waals surface area (Å²) in [5.74, 6) is 1.37. The molecule has 4 aromatic heterocycles. The second kappa shape index (κ2) is 8.00. The van der Waals surface area contributed by atoms with E-state index in [0.29, 0.717) is 33.9 Å². The van der Waals surface area contributed by atoms with Crippen molar-refractivity contribution in [2.24, 2.45) is 0 Å². The van der Waals surface area contributed by atoms with E-state index in [4.69, 9.17) is 26.4 Å². The van der Waals surface area contributed by atoms with Gasteiger partial charge in [-0.15, -0.1) is 5.10 Å². The number of aryl methyl sites for hydroxylation is 1. The molecule has 174 valence electrons. The molecule has 1 atom stereocenters. The Labute approximate surface area is 210 Å². The maximum Gasteiger partial charge on any atom is 0.230 e. The van der Waals surface area contributed by atoms with Crippen molar-refractivity contribution in [1.82, 2.24) is 34.3 Å². The van der Waals surface area contributed by atoms with Gasteiger partial charge < -0.3 is 4.74 Å². The minimum atomic E-state index is -0.240. The first kappa shape index (κ1) is 20.8. The van der Waals surface area contributed by atoms with E-state index in [1.165, 1.54) is 0 Å². The van der Waals surface area contributed by atoms with E-state index in [1.807, 2.05) is 84.4 Å². The molecular formula is C27H18ClN7O. The Morgan fingerprint density at radius 2 is 1.67 bits per heavy atom. The van der Waals surface area contributed by atoms with Gasteiger partial charge in [0, 0.05) is 11.2 Å². The number of fused-ring (bicyclic) bond motifs is 4. The highest BCUT2D eigenvalue weighted by atomic mass is 35.5. The van der Waals surface area contributed by atoms with Gasteiger partial charge in [0.2, 0.25) is 17.6 Å². The van der Waals surface area contributed by atoms with Crippen LogP contribution in [0, 0.1) is 6.92 Å². The molecule has 0 saturated heterocycles. The largest absolute Gasteiger partial charge is 0.420 e. The monoisotopic (exact) mass is 491 g/mol. The number of pyridine rings is 1. The lowest BCUT2D eigenvalue weighted by atomic mass is 9.84. The maximum absolute atomic E-state index is 6.45. The van der Waals surface area contributed by atoms with E-state index in [0.717, 1.165) is 28.1 Å². The first-order valence-corrected chi connectivity index (χ1v) is 11.8. The molecule has 9 heteroatoms. The molecule has 0 saturated carbocycles. The molecule has 36 heavy (non-hydrogen) atoms. The predicted molar refractivity (Wildman–Crippen MR) is 135 cm³/mol. The van der Waals surface area contributed by atoms with Crippen LogP contribution >= 0.6 is 11.6 Å². The third kappa shape index (κ3) is 3.19. The number of rotatable bonds is 3. The summed E-state index contributed by atoms with van der Waals surface area (Å²) in [7, 11) is 0. The lowest BCUT2D eigenvalue weighted by molar-refractivity contribution is 0.402. The van der Waals surface area contributed by atoms with Crippen molar-refractivity contribution >= 4 is 17.2 Å². The number of aromatic nitrogens is 7. The maximum atomic E-state index is 6.45. The van der Waals surface area contributed by atoms with Crippen molar-refractivity contribution in [3.63, 3.8) is 0 Å². The van der Waals surface area contributed by atoms with Crippen molar-refractivity contribution in [1.29, 1.82) is 0 Å². The molecular weight excluding hydrogens is 474 g/mol. The second-order valence-electron chi connectivity index (χ2n) is 8.52. The van der Waals surface area contributed by atoms with Crippen molar-refractivity contribution in [2.45, 2.75) is 12.8 Å². The minimum absolute atomic E-state index is 0.240. The number of nitrogens with zero attached hydrogens (tertiary/aromatic N) is 7. The molecule has 0 amide bonds. The van der Waals surface area contributed by atoms with Crippen LogP contribution in [0.4, 0.5) is 0 Å². The van der Waals surface area contributed by atoms with Crippen molar-refractivity contribution < 1.29 is 4.74 Å². The fourth-order valence-corrected chi connectivity index (χ4v) is 4.84. The molecule has 0 N–H and O–H groups in total. The molecule has 1 aliphatic rings. The summed E-state index contributed by atoms with van der Waals surface area (Å²) in [6.45, 7) is 1.99. The van der Waals surface area contributed by atoms with Crippen LogP contribution in [0.25, 0.3) is 22.9 Å². The molecule has 7 rings (SSSR count). The average Bonchev–Trinajstić information content (AvgIpc) is 3.50. The lowest BCUT2D eigenvalue weighted by Crippen LogP contribution is -2.16. The molecule has 2 aromatic carbocycles. The van der Waals surface area contributed by atoms with E-state index in [9.17, 15) is 0 Å². The number of para-hydroxylation sites is 1. The van der Waals surface area contributed by atoms with E-state index in [-0.39, 0.29) is 5.92 Å². The van der Waals surface area contributed by atoms with E-state index < -0.39 is 0 Å². The van der Waals surface area contributed by atoms with Gasteiger partial charge in [-0.3, -0.25) is 4.98 Å². The van der Waals surface area contributed by atoms with E-state index >= 15 is 0 Å². The first-order chi connectivity index (χ1) is 17.7. The highest BCUT2D eigenvalue weighted by Gasteiger charge is 2.38. The Morgan fingerprint density at radius 1 is 0.861 bits per heavy atom. The standard InChI is InChI=1S/C27H18ClN7O/c1-16-21-22(17-10-12-18(28)13-11-17)23-25-31-24(20-9-5-6-14-29-20)33-34(25)15-30-26(23)36-27(21)35(32-16)19-7-3-2-4-8-19/h2-15,22H,1H3/t22-/m0/s1. The zero-order valence-corrected chi connectivity index (χ0v) is 19.8. The van der Waals surface area contributed by atoms with Crippen molar-refractivity contribution in [3.05, 3.63) is 113 Å². The number of halogens is 1. The predicted octanol–water partition coefficient (Wildman–Crippen LogP) is 5.62. The Morgan fingerprint density at radius 3 is 2.44 bits per heavy atom. The number of hydrogen-bond acceptors (Lipinski definition) is 6. The van der Waals surface area contributed by atoms with Gasteiger partial charge in [0.15, 0.2) is 5.65 Å². The Hall–Kier alpha value is -4.56. The van der Waals surface area contributed by atoms with Crippen LogP contribution < -0.4 is 4.74 Å². The topological polar surface area (TPSA) is 83.0 Å². The van der Waals surface area contributed by atoms with Crippen LogP contribution in [0.1, 0.15) is 28.3 Å². The second-order valence-corrected chi connectivity index (χ2v) is 8.96. The summed E-state index contributed by atoms with van der Waals surface area (Å²) in [5, 5.41) is 10.2. The third-order valence-electron chi connectivity index (χ3n) is 6.32. The van der Waals surface area contributed by atoms with Crippen LogP contribution in [-0.4, -0.2) is 34.3 Å². The minimum Gasteiger partial charge on any atom is -0.420 e. The molecule has 0 radical (unpaired) electrons. The molecule has 1 aliphatic heterocycles. The van der Waals surface area contributed by atoms with Crippen molar-refractivity contribution in [2.75, 3.05) is 0 Å². The zero-order valence-electron chi connectivity index (χ0n) is 19.1. The molecule has 8 nitrogen and oxygen atoms in total. The van der Waals surface area contributed by atoms with Crippen LogP contribution in [0.15, 0.2) is 85.3 Å². The number of hydrogen-bond donors (Lipinski definition) is 0. The Balaban J connectivity index is 1.50. The van der Waals surface area contributed by atoms with Gasteiger partial charge in [0.1, 0.15) is 12.0 Å². The van der Waals surface area contributed by atoms with Crippen molar-refractivity contribution in [3.8, 4) is 29.0 Å². The Bertz CT molecular complexity index is 1730. The summed E-state index contributed by atoms with van der Waals surface area (Å²) in [6, 6.07) is 23.4. The van der Waals surface area contributed by atoms with E-state index in [1.54, 1.807) is 17.0 Å². The van der Waals surface area contributed by atoms with Gasteiger partial charge in [0.05, 0.1) is 28.4 Å². The Kier molecular flexibility index (Phi) is 4.62. The van der Waals surface area contributed by atoms with E-state index in [2.05, 4.69) is 15.1 Å². The molecule has 0 unspecified atom stereocenters. The highest BCUT2D eigenvalue weighted by molar-refractivity contribution is 6.30. The normalized spacial score (nSPS) is 14.3. The average molecular weight is 492 g/mol. The number of benzene rings is 2. The van der Waals surface area contributed by atoms with Crippen LogP contribution in [-0.2, 0) is 0 Å². The number of ether oxygens (including phenoxy) is 1. The fourth-order valence-electron chi connectivity index (χ4n) is 4.71. The molecule has 6 aromatic rings. The van der Waals surface area contributed by atoms with Gasteiger partial charge in [-0.2, -0.15) is 5.10 Å². The summed E-state index contributed by atoms with van der Waals surface area (Å²) in [6.07, 6.45) is 3.34. The van der Waals surface area contributed by atoms with Gasteiger partial charge in [-0.25, -0.2) is 19.2 Å². The summed E-state index contributed by atoms with van der Waals surface area (Å²) < 4.78 is 9.95. The first-order valence-electron chi connectivity index (χ1n) is 11.4. The molecule has 0 bridgehead atoms. The van der Waals surface area contributed by atoms with Gasteiger partial charge in [-0.1, -0.05) is 48.0 Å². The van der Waals surface area contributed by atoms with Gasteiger partial charge in [-0.05, 0) is 48.9 Å². The highest BCUT2D eigenvalue weighted by Crippen LogP contribution is 2.49. The summed E-state index contributed by atoms with van der Waals surface area (Å²) in [5.41, 5.74) is 5.88. The molecule has 5 heterocycles. The summed E-state index contributed by atoms with van der Waals surface area (Å²) in [4.78, 5) is 13.9. The van der Waals surface area contributed by atoms with Crippen LogP contribution in [0.3, 0.4) is 0 Å². The van der Waals surface area contributed by atoms with Gasteiger partial charge in [0.25, 0.3) is 0 Å². The van der Waals surface area contributed by atoms with Gasteiger partial charge >= 0.3 is 0 Å². The summed E-state index contributed by atoms with van der Waals surface area (Å²) >= 11 is 6.25. The third-order valence-corrected chi connectivity index (χ3v) is 6.57. The van der Waals surface area contributed by atoms with Crippen LogP contribution in [0.2, 0.25) is 5.02 Å². The molecule has 0 fully saturated rings. The lowest BCUT2D eigenvalue weighted by Gasteiger charge is -2.26. The SMILES string of the molecule is Cc1nn(-c2ccccc2)c2c1[C@H](c1ccc(Cl)cc1)c1c(ncn3nc(-c4ccccn4)nc13)O2. The zero-order chi connectivity index (χ0) is 24.2. The smallest absolute Gasteiger partial charge is 0.230 e. The molecule has 0 spiro atoms. The molecule has 0 aliphatic carbocycles. The van der Waals surface area contributed by atoms with Crippen LogP contribution in [0.5, 0.6) is 11.8 Å². The fraction of sp³-hybridized carbons (Fsp3) is 0.0741. The quantitative estimate of drug-likeness (QED) is 0.319.